The summed E-state index contributed by atoms with van der Waals surface area (Å²) >= 11 is 0. The van der Waals surface area contributed by atoms with Crippen LogP contribution in [-0.2, 0) is 4.79 Å². The summed E-state index contributed by atoms with van der Waals surface area (Å²) in [6.45, 7) is 13.4. The first-order valence-electron chi connectivity index (χ1n) is 11.2. The summed E-state index contributed by atoms with van der Waals surface area (Å²) in [5.74, 6) is -0.281. The number of carbonyl (C=O) groups excluding carboxylic acids is 1. The monoisotopic (exact) mass is 449 g/mol. The van der Waals surface area contributed by atoms with E-state index < -0.39 is 0 Å². The second-order valence-electron chi connectivity index (χ2n) is 7.20. The molecule has 0 aromatic heterocycles. The van der Waals surface area contributed by atoms with Crippen molar-refractivity contribution >= 4 is 5.91 Å². The predicted octanol–water partition coefficient (Wildman–Crippen LogP) is 6.85. The third-order valence-corrected chi connectivity index (χ3v) is 4.59. The Morgan fingerprint density at radius 1 is 0.939 bits per heavy atom. The van der Waals surface area contributed by atoms with Crippen LogP contribution in [0.2, 0.25) is 0 Å². The second kappa shape index (κ2) is 18.4. The van der Waals surface area contributed by atoms with E-state index in [4.69, 9.17) is 10.3 Å². The van der Waals surface area contributed by atoms with Crippen molar-refractivity contribution in [2.75, 3.05) is 6.61 Å². The van der Waals surface area contributed by atoms with Crippen LogP contribution >= 0.6 is 0 Å². The molecule has 0 bridgehead atoms. The first kappa shape index (κ1) is 29.8. The molecule has 1 atom stereocenters. The number of carbonyl (C=O) groups is 1. The normalized spacial score (nSPS) is 10.0. The summed E-state index contributed by atoms with van der Waals surface area (Å²) < 4.78 is 0. The first-order chi connectivity index (χ1) is 15.9. The van der Waals surface area contributed by atoms with Gasteiger partial charge in [0.1, 0.15) is 0 Å². The Labute approximate surface area is 199 Å². The van der Waals surface area contributed by atoms with Gasteiger partial charge in [-0.05, 0) is 42.0 Å². The van der Waals surface area contributed by atoms with Gasteiger partial charge in [0.15, 0.2) is 0 Å². The van der Waals surface area contributed by atoms with Crippen molar-refractivity contribution in [2.24, 2.45) is 0 Å². The molecule has 0 saturated heterocycles. The Balaban J connectivity index is 0.000000647. The molecular formula is C29H39NO3. The van der Waals surface area contributed by atoms with Gasteiger partial charge in [-0.15, -0.1) is 6.58 Å². The number of aliphatic hydroxyl groups excluding tert-OH is 1. The number of nitrogens with one attached hydrogen (secondary N) is 1. The van der Waals surface area contributed by atoms with Crippen LogP contribution < -0.4 is 5.48 Å². The molecule has 0 aliphatic heterocycles. The topological polar surface area (TPSA) is 69.6 Å². The van der Waals surface area contributed by atoms with Crippen LogP contribution in [0, 0.1) is 13.8 Å². The highest BCUT2D eigenvalue weighted by Gasteiger charge is 2.13. The number of rotatable bonds is 5. The molecule has 4 nitrogen and oxygen atoms in total. The van der Waals surface area contributed by atoms with Gasteiger partial charge >= 0.3 is 0 Å². The molecule has 0 aliphatic rings. The third-order valence-electron chi connectivity index (χ3n) is 4.59. The Morgan fingerprint density at radius 2 is 1.45 bits per heavy atom. The SMILES string of the molecule is C=CCO.CC.Cc1cc(-c2ccccc2)ccc1C(C)CC(=O)NO.Cc1ccccc1. The van der Waals surface area contributed by atoms with Crippen molar-refractivity contribution in [3.05, 3.63) is 108 Å². The fourth-order valence-corrected chi connectivity index (χ4v) is 3.01. The van der Waals surface area contributed by atoms with Crippen LogP contribution in [0.3, 0.4) is 0 Å². The molecule has 0 fully saturated rings. The number of amides is 1. The van der Waals surface area contributed by atoms with Crippen LogP contribution in [0.25, 0.3) is 11.1 Å². The zero-order valence-electron chi connectivity index (χ0n) is 20.6. The minimum atomic E-state index is -0.357. The van der Waals surface area contributed by atoms with E-state index in [0.717, 1.165) is 11.1 Å². The van der Waals surface area contributed by atoms with E-state index in [1.807, 2.05) is 57.2 Å². The first-order valence-corrected chi connectivity index (χ1v) is 11.2. The predicted molar refractivity (Wildman–Crippen MR) is 139 cm³/mol. The average molecular weight is 450 g/mol. The van der Waals surface area contributed by atoms with Gasteiger partial charge in [-0.25, -0.2) is 5.48 Å². The molecule has 3 aromatic carbocycles. The van der Waals surface area contributed by atoms with Crippen molar-refractivity contribution in [1.82, 2.24) is 5.48 Å². The number of aryl methyl sites for hydroxylation is 2. The number of aliphatic hydroxyl groups is 1. The number of benzene rings is 3. The summed E-state index contributed by atoms with van der Waals surface area (Å²) in [5, 5.41) is 16.4. The van der Waals surface area contributed by atoms with Crippen molar-refractivity contribution in [2.45, 2.75) is 47.0 Å². The van der Waals surface area contributed by atoms with E-state index in [1.165, 1.54) is 22.8 Å². The van der Waals surface area contributed by atoms with E-state index in [1.54, 1.807) is 5.48 Å². The molecular weight excluding hydrogens is 410 g/mol. The minimum Gasteiger partial charge on any atom is -0.392 e. The van der Waals surface area contributed by atoms with Crippen LogP contribution in [0.4, 0.5) is 0 Å². The lowest BCUT2D eigenvalue weighted by Crippen LogP contribution is -2.20. The zero-order valence-corrected chi connectivity index (χ0v) is 20.6. The van der Waals surface area contributed by atoms with Gasteiger partial charge < -0.3 is 5.11 Å². The number of hydrogen-bond acceptors (Lipinski definition) is 3. The van der Waals surface area contributed by atoms with Crippen LogP contribution in [-0.4, -0.2) is 22.8 Å². The summed E-state index contributed by atoms with van der Waals surface area (Å²) in [7, 11) is 0. The van der Waals surface area contributed by atoms with Crippen LogP contribution in [0.15, 0.2) is 91.5 Å². The summed E-state index contributed by atoms with van der Waals surface area (Å²) in [6.07, 6.45) is 1.71. The summed E-state index contributed by atoms with van der Waals surface area (Å²) in [5.41, 5.74) is 7.65. The van der Waals surface area contributed by atoms with Crippen LogP contribution in [0.1, 0.15) is 49.8 Å². The van der Waals surface area contributed by atoms with Gasteiger partial charge in [0.2, 0.25) is 5.91 Å². The molecule has 0 radical (unpaired) electrons. The van der Waals surface area contributed by atoms with Gasteiger partial charge in [-0.2, -0.15) is 0 Å². The van der Waals surface area contributed by atoms with Crippen LogP contribution in [0.5, 0.6) is 0 Å². The maximum Gasteiger partial charge on any atom is 0.243 e. The smallest absolute Gasteiger partial charge is 0.243 e. The van der Waals surface area contributed by atoms with Crippen molar-refractivity contribution in [3.8, 4) is 11.1 Å². The molecule has 0 heterocycles. The van der Waals surface area contributed by atoms with E-state index in [-0.39, 0.29) is 24.9 Å². The van der Waals surface area contributed by atoms with Crippen molar-refractivity contribution in [3.63, 3.8) is 0 Å². The quantitative estimate of drug-likeness (QED) is 0.227. The Kier molecular flexibility index (Phi) is 16.6. The van der Waals surface area contributed by atoms with Gasteiger partial charge in [0, 0.05) is 6.42 Å². The Morgan fingerprint density at radius 3 is 1.85 bits per heavy atom. The largest absolute Gasteiger partial charge is 0.392 e. The molecule has 3 aromatic rings. The lowest BCUT2D eigenvalue weighted by atomic mass is 9.91. The molecule has 3 rings (SSSR count). The summed E-state index contributed by atoms with van der Waals surface area (Å²) in [6, 6.07) is 26.7. The molecule has 1 unspecified atom stereocenters. The highest BCUT2D eigenvalue weighted by Crippen LogP contribution is 2.27. The molecule has 0 saturated carbocycles. The highest BCUT2D eigenvalue weighted by atomic mass is 16.5. The summed E-state index contributed by atoms with van der Waals surface area (Å²) in [4.78, 5) is 11.2. The van der Waals surface area contributed by atoms with E-state index in [0.29, 0.717) is 0 Å². The standard InChI is InChI=1S/C17H19NO2.C7H8.C3H6O.C2H6/c1-12-10-15(14-6-4-3-5-7-14)8-9-16(12)13(2)11-17(19)18-20;1-7-5-3-2-4-6-7;1-2-3-4;1-2/h3-10,13,20H,11H2,1-2H3,(H,18,19);2-6H,1H3;2,4H,1,3H2;1-2H3. The maximum absolute atomic E-state index is 11.2. The maximum atomic E-state index is 11.2. The van der Waals surface area contributed by atoms with Gasteiger partial charge in [-0.1, -0.05) is 111 Å². The second-order valence-corrected chi connectivity index (χ2v) is 7.20. The molecule has 3 N–H and O–H groups in total. The molecule has 0 spiro atoms. The van der Waals surface area contributed by atoms with E-state index in [2.05, 4.69) is 62.9 Å². The lowest BCUT2D eigenvalue weighted by Gasteiger charge is -2.15. The molecule has 4 heteroatoms. The fourth-order valence-electron chi connectivity index (χ4n) is 3.01. The minimum absolute atomic E-state index is 0.0759. The Bertz CT molecular complexity index is 909. The highest BCUT2D eigenvalue weighted by molar-refractivity contribution is 5.75. The lowest BCUT2D eigenvalue weighted by molar-refractivity contribution is -0.129. The average Bonchev–Trinajstić information content (AvgIpc) is 2.86. The van der Waals surface area contributed by atoms with Gasteiger partial charge in [-0.3, -0.25) is 10.0 Å². The van der Waals surface area contributed by atoms with Crippen molar-refractivity contribution < 1.29 is 15.1 Å². The van der Waals surface area contributed by atoms with Crippen molar-refractivity contribution in [1.29, 1.82) is 0 Å². The number of hydroxylamine groups is 1. The van der Waals surface area contributed by atoms with Gasteiger partial charge in [0.05, 0.1) is 6.61 Å². The van der Waals surface area contributed by atoms with E-state index >= 15 is 0 Å². The number of hydrogen-bond donors (Lipinski definition) is 3. The Hall–Kier alpha value is -3.21. The molecule has 1 amide bonds. The zero-order chi connectivity index (χ0) is 25.1. The molecule has 178 valence electrons. The van der Waals surface area contributed by atoms with Gasteiger partial charge in [0.25, 0.3) is 0 Å². The van der Waals surface area contributed by atoms with E-state index in [9.17, 15) is 4.79 Å². The fraction of sp³-hybridized carbons (Fsp3) is 0.276. The molecule has 33 heavy (non-hydrogen) atoms. The third kappa shape index (κ3) is 12.4. The molecule has 0 aliphatic carbocycles.